The van der Waals surface area contributed by atoms with Gasteiger partial charge in [-0.3, -0.25) is 9.59 Å². The molecule has 6 heteroatoms. The lowest BCUT2D eigenvalue weighted by atomic mass is 9.85. The van der Waals surface area contributed by atoms with E-state index in [4.69, 9.17) is 4.74 Å². The molecule has 0 spiro atoms. The summed E-state index contributed by atoms with van der Waals surface area (Å²) in [5.41, 5.74) is 4.46. The van der Waals surface area contributed by atoms with E-state index in [2.05, 4.69) is 6.07 Å². The van der Waals surface area contributed by atoms with Crippen molar-refractivity contribution >= 4 is 28.5 Å². The number of rotatable bonds is 5. The fourth-order valence-corrected chi connectivity index (χ4v) is 4.50. The summed E-state index contributed by atoms with van der Waals surface area (Å²) in [5, 5.41) is 10.3. The Morgan fingerprint density at radius 1 is 1.23 bits per heavy atom. The van der Waals surface area contributed by atoms with Crippen LogP contribution in [-0.2, 0) is 33.7 Å². The van der Waals surface area contributed by atoms with Crippen molar-refractivity contribution in [3.63, 3.8) is 0 Å². The van der Waals surface area contributed by atoms with Gasteiger partial charge in [-0.25, -0.2) is 0 Å². The summed E-state index contributed by atoms with van der Waals surface area (Å²) >= 11 is 0. The number of carbonyl (C=O) groups excluding carboxylic acids is 2. The van der Waals surface area contributed by atoms with Crippen LogP contribution in [0.2, 0.25) is 0 Å². The molecule has 1 aliphatic rings. The first-order valence-corrected chi connectivity index (χ1v) is 10.6. The zero-order valence-electron chi connectivity index (χ0n) is 17.8. The number of amides is 1. The van der Waals surface area contributed by atoms with Gasteiger partial charge in [0.25, 0.3) is 0 Å². The van der Waals surface area contributed by atoms with E-state index in [0.717, 1.165) is 27.8 Å². The van der Waals surface area contributed by atoms with E-state index in [-0.39, 0.29) is 24.3 Å². The van der Waals surface area contributed by atoms with Gasteiger partial charge >= 0.3 is 5.97 Å². The van der Waals surface area contributed by atoms with Crippen molar-refractivity contribution in [2.75, 3.05) is 18.6 Å². The van der Waals surface area contributed by atoms with E-state index >= 15 is 0 Å². The van der Waals surface area contributed by atoms with Crippen LogP contribution in [0, 0.1) is 17.2 Å². The average Bonchev–Trinajstić information content (AvgIpc) is 3.10. The van der Waals surface area contributed by atoms with Gasteiger partial charge in [0.2, 0.25) is 5.91 Å². The molecule has 0 aliphatic heterocycles. The van der Waals surface area contributed by atoms with Crippen LogP contribution in [-0.4, -0.2) is 30.1 Å². The van der Waals surface area contributed by atoms with E-state index in [1.807, 2.05) is 54.1 Å². The van der Waals surface area contributed by atoms with Crippen molar-refractivity contribution in [1.29, 1.82) is 5.26 Å². The predicted molar refractivity (Wildman–Crippen MR) is 119 cm³/mol. The zero-order valence-corrected chi connectivity index (χ0v) is 17.8. The zero-order chi connectivity index (χ0) is 22.0. The summed E-state index contributed by atoms with van der Waals surface area (Å²) in [7, 11) is 1.81. The molecule has 1 aliphatic carbocycles. The molecule has 0 bridgehead atoms. The van der Waals surface area contributed by atoms with Crippen LogP contribution in [0.25, 0.3) is 10.9 Å². The maximum Gasteiger partial charge on any atom is 0.325 e. The minimum Gasteiger partial charge on any atom is -0.465 e. The van der Waals surface area contributed by atoms with Crippen LogP contribution >= 0.6 is 0 Å². The first kappa shape index (κ1) is 20.7. The number of aromatic nitrogens is 1. The van der Waals surface area contributed by atoms with E-state index < -0.39 is 0 Å². The smallest absolute Gasteiger partial charge is 0.325 e. The number of hydrogen-bond acceptors (Lipinski definition) is 4. The summed E-state index contributed by atoms with van der Waals surface area (Å²) in [4.78, 5) is 27.2. The van der Waals surface area contributed by atoms with Crippen LogP contribution in [0.15, 0.2) is 48.5 Å². The van der Waals surface area contributed by atoms with Crippen molar-refractivity contribution in [1.82, 2.24) is 4.57 Å². The lowest BCUT2D eigenvalue weighted by Gasteiger charge is -2.27. The Labute approximate surface area is 181 Å². The van der Waals surface area contributed by atoms with Crippen LogP contribution < -0.4 is 4.90 Å². The topological polar surface area (TPSA) is 75.3 Å². The molecular formula is C25H25N3O3. The molecular weight excluding hydrogens is 390 g/mol. The molecule has 1 aromatic heterocycles. The largest absolute Gasteiger partial charge is 0.465 e. The second-order valence-electron chi connectivity index (χ2n) is 7.83. The molecule has 6 nitrogen and oxygen atoms in total. The van der Waals surface area contributed by atoms with Gasteiger partial charge < -0.3 is 14.2 Å². The maximum absolute atomic E-state index is 13.2. The second kappa shape index (κ2) is 8.65. The lowest BCUT2D eigenvalue weighted by molar-refractivity contribution is -0.143. The van der Waals surface area contributed by atoms with Crippen LogP contribution in [0.1, 0.15) is 30.2 Å². The summed E-state index contributed by atoms with van der Waals surface area (Å²) in [6.07, 6.45) is 2.00. The summed E-state index contributed by atoms with van der Waals surface area (Å²) in [6.45, 7) is 2.26. The molecule has 0 fully saturated rings. The Kier molecular flexibility index (Phi) is 5.77. The van der Waals surface area contributed by atoms with Gasteiger partial charge in [0.05, 0.1) is 18.2 Å². The quantitative estimate of drug-likeness (QED) is 0.593. The summed E-state index contributed by atoms with van der Waals surface area (Å²) in [5.74, 6) is -0.349. The third kappa shape index (κ3) is 3.91. The van der Waals surface area contributed by atoms with Crippen LogP contribution in [0.5, 0.6) is 0 Å². The number of benzene rings is 2. The van der Waals surface area contributed by atoms with Gasteiger partial charge in [-0.05, 0) is 62.1 Å². The highest BCUT2D eigenvalue weighted by Gasteiger charge is 2.32. The molecule has 1 atom stereocenters. The highest BCUT2D eigenvalue weighted by atomic mass is 16.5. The van der Waals surface area contributed by atoms with Crippen molar-refractivity contribution in [3.8, 4) is 6.07 Å². The first-order chi connectivity index (χ1) is 15.0. The molecule has 2 aromatic carbocycles. The average molecular weight is 415 g/mol. The van der Waals surface area contributed by atoms with Gasteiger partial charge in [-0.1, -0.05) is 18.2 Å². The normalized spacial score (nSPS) is 15.2. The number of nitrogens with zero attached hydrogens (tertiary/aromatic N) is 3. The molecule has 0 saturated carbocycles. The fourth-order valence-electron chi connectivity index (χ4n) is 4.50. The van der Waals surface area contributed by atoms with E-state index in [9.17, 15) is 14.9 Å². The number of carbonyl (C=O) groups is 2. The maximum atomic E-state index is 13.2. The Morgan fingerprint density at radius 3 is 2.71 bits per heavy atom. The van der Waals surface area contributed by atoms with Gasteiger partial charge in [0.1, 0.15) is 6.54 Å². The highest BCUT2D eigenvalue weighted by molar-refractivity contribution is 5.96. The fraction of sp³-hybridized carbons (Fsp3) is 0.320. The van der Waals surface area contributed by atoms with E-state index in [0.29, 0.717) is 31.4 Å². The monoisotopic (exact) mass is 415 g/mol. The Bertz CT molecular complexity index is 1170. The Morgan fingerprint density at radius 2 is 2.00 bits per heavy atom. The van der Waals surface area contributed by atoms with E-state index in [1.165, 1.54) is 0 Å². The highest BCUT2D eigenvalue weighted by Crippen LogP contribution is 2.36. The Hall–Kier alpha value is -3.59. The van der Waals surface area contributed by atoms with Gasteiger partial charge in [-0.15, -0.1) is 0 Å². The van der Waals surface area contributed by atoms with Crippen molar-refractivity contribution in [2.24, 2.45) is 5.92 Å². The standard InChI is InChI=1S/C25H25N3O3/c1-3-31-24(29)16-28-22-11-9-17(15-26)13-20(22)21-14-18(10-12-23(21)28)25(30)27(2)19-7-5-4-6-8-19/h4-9,11,13,18H,3,10,12,14,16H2,1-2H3. The third-order valence-corrected chi connectivity index (χ3v) is 6.01. The van der Waals surface area contributed by atoms with Crippen LogP contribution in [0.3, 0.4) is 0 Å². The van der Waals surface area contributed by atoms with Gasteiger partial charge in [0.15, 0.2) is 0 Å². The molecule has 0 radical (unpaired) electrons. The lowest BCUT2D eigenvalue weighted by Crippen LogP contribution is -2.36. The van der Waals surface area contributed by atoms with Crippen molar-refractivity contribution in [3.05, 3.63) is 65.4 Å². The molecule has 158 valence electrons. The first-order valence-electron chi connectivity index (χ1n) is 10.6. The van der Waals surface area contributed by atoms with Gasteiger partial charge in [-0.2, -0.15) is 5.26 Å². The minimum atomic E-state index is -0.284. The second-order valence-corrected chi connectivity index (χ2v) is 7.83. The van der Waals surface area contributed by atoms with Gasteiger partial charge in [0, 0.05) is 35.2 Å². The van der Waals surface area contributed by atoms with Crippen molar-refractivity contribution < 1.29 is 14.3 Å². The number of ether oxygens (including phenoxy) is 1. The molecule has 0 N–H and O–H groups in total. The SMILES string of the molecule is CCOC(=O)Cn1c2c(c3cc(C#N)ccc31)CC(C(=O)N(C)c1ccccc1)CC2. The van der Waals surface area contributed by atoms with E-state index in [1.54, 1.807) is 17.9 Å². The van der Waals surface area contributed by atoms with Crippen molar-refractivity contribution in [2.45, 2.75) is 32.7 Å². The third-order valence-electron chi connectivity index (χ3n) is 6.01. The number of esters is 1. The number of anilines is 1. The molecule has 31 heavy (non-hydrogen) atoms. The van der Waals surface area contributed by atoms with Crippen LogP contribution in [0.4, 0.5) is 5.69 Å². The molecule has 1 unspecified atom stereocenters. The molecule has 1 heterocycles. The number of fused-ring (bicyclic) bond motifs is 3. The minimum absolute atomic E-state index is 0.0829. The number of para-hydroxylation sites is 1. The molecule has 1 amide bonds. The summed E-state index contributed by atoms with van der Waals surface area (Å²) < 4.78 is 7.16. The molecule has 3 aromatic rings. The molecule has 4 rings (SSSR count). The predicted octanol–water partition coefficient (Wildman–Crippen LogP) is 3.84. The summed E-state index contributed by atoms with van der Waals surface area (Å²) in [6, 6.07) is 17.3. The number of hydrogen-bond donors (Lipinski definition) is 0. The number of nitriles is 1. The Balaban J connectivity index is 1.70. The molecule has 0 saturated heterocycles.